The smallest absolute Gasteiger partial charge is 0.358 e. The molecule has 0 radical (unpaired) electrons. The van der Waals surface area contributed by atoms with Gasteiger partial charge in [-0.25, -0.2) is 0 Å². The van der Waals surface area contributed by atoms with Gasteiger partial charge in [-0.05, 0) is 31.0 Å². The van der Waals surface area contributed by atoms with Crippen molar-refractivity contribution in [2.24, 2.45) is 0 Å². The van der Waals surface area contributed by atoms with E-state index >= 15 is 0 Å². The number of halogens is 3. The molecule has 0 bridgehead atoms. The first-order valence-electron chi connectivity index (χ1n) is 6.54. The van der Waals surface area contributed by atoms with Gasteiger partial charge in [-0.1, -0.05) is 18.2 Å². The van der Waals surface area contributed by atoms with Crippen molar-refractivity contribution in [2.75, 3.05) is 20.1 Å². The number of benzene rings is 1. The summed E-state index contributed by atoms with van der Waals surface area (Å²) in [5, 5.41) is 2.51. The van der Waals surface area contributed by atoms with E-state index in [1.165, 1.54) is 19.2 Å². The van der Waals surface area contributed by atoms with Crippen molar-refractivity contribution in [3.05, 3.63) is 35.4 Å². The molecule has 1 N–H and O–H groups in total. The van der Waals surface area contributed by atoms with Gasteiger partial charge in [-0.3, -0.25) is 9.69 Å². The molecule has 1 saturated heterocycles. The van der Waals surface area contributed by atoms with E-state index in [1.54, 1.807) is 6.07 Å². The lowest BCUT2D eigenvalue weighted by Crippen LogP contribution is -2.35. The number of likely N-dealkylation sites (tertiary alicyclic amines) is 1. The zero-order valence-electron chi connectivity index (χ0n) is 11.2. The van der Waals surface area contributed by atoms with E-state index < -0.39 is 11.7 Å². The lowest BCUT2D eigenvalue weighted by Gasteiger charge is -2.26. The predicted octanol–water partition coefficient (Wildman–Crippen LogP) is 2.59. The van der Waals surface area contributed by atoms with Crippen molar-refractivity contribution in [1.29, 1.82) is 0 Å². The van der Waals surface area contributed by atoms with E-state index in [0.29, 0.717) is 13.0 Å². The Morgan fingerprint density at radius 1 is 1.40 bits per heavy atom. The molecule has 1 amide bonds. The molecule has 1 fully saturated rings. The Morgan fingerprint density at radius 3 is 2.75 bits per heavy atom. The standard InChI is InChI=1S/C14H17F3N2O/c1-18-13(20)9-19-8-4-7-12(19)10-5-2-3-6-11(10)14(15,16)17/h2-3,5-6,12H,4,7-9H2,1H3,(H,18,20)/t12-/m1/s1. The molecule has 1 aromatic rings. The molecule has 2 rings (SSSR count). The molecule has 0 aliphatic carbocycles. The molecule has 0 spiro atoms. The summed E-state index contributed by atoms with van der Waals surface area (Å²) >= 11 is 0. The summed E-state index contributed by atoms with van der Waals surface area (Å²) in [7, 11) is 1.52. The van der Waals surface area contributed by atoms with Crippen LogP contribution in [0.5, 0.6) is 0 Å². The van der Waals surface area contributed by atoms with Gasteiger partial charge < -0.3 is 5.32 Å². The molecule has 1 atom stereocenters. The second kappa shape index (κ2) is 5.83. The normalized spacial score (nSPS) is 20.1. The first-order valence-corrected chi connectivity index (χ1v) is 6.54. The SMILES string of the molecule is CNC(=O)CN1CCC[C@@H]1c1ccccc1C(F)(F)F. The Hall–Kier alpha value is -1.56. The van der Waals surface area contributed by atoms with E-state index in [9.17, 15) is 18.0 Å². The molecular weight excluding hydrogens is 269 g/mol. The molecule has 0 aromatic heterocycles. The second-order valence-electron chi connectivity index (χ2n) is 4.89. The van der Waals surface area contributed by atoms with Crippen LogP contribution in [0.4, 0.5) is 13.2 Å². The first kappa shape index (κ1) is 14.8. The van der Waals surface area contributed by atoms with Gasteiger partial charge in [0.15, 0.2) is 0 Å². The minimum Gasteiger partial charge on any atom is -0.358 e. The number of alkyl halides is 3. The van der Waals surface area contributed by atoms with Crippen molar-refractivity contribution in [1.82, 2.24) is 10.2 Å². The average molecular weight is 286 g/mol. The van der Waals surface area contributed by atoms with E-state index in [-0.39, 0.29) is 24.1 Å². The van der Waals surface area contributed by atoms with Gasteiger partial charge in [0.25, 0.3) is 0 Å². The largest absolute Gasteiger partial charge is 0.416 e. The maximum Gasteiger partial charge on any atom is 0.416 e. The number of amides is 1. The van der Waals surface area contributed by atoms with Crippen LogP contribution in [0.25, 0.3) is 0 Å². The Kier molecular flexibility index (Phi) is 4.32. The number of nitrogens with one attached hydrogen (secondary N) is 1. The third-order valence-electron chi connectivity index (χ3n) is 3.61. The summed E-state index contributed by atoms with van der Waals surface area (Å²) in [5.41, 5.74) is -0.338. The van der Waals surface area contributed by atoms with Gasteiger partial charge in [0.2, 0.25) is 5.91 Å². The third-order valence-corrected chi connectivity index (χ3v) is 3.61. The van der Waals surface area contributed by atoms with Crippen LogP contribution >= 0.6 is 0 Å². The Morgan fingerprint density at radius 2 is 2.10 bits per heavy atom. The maximum atomic E-state index is 13.1. The van der Waals surface area contributed by atoms with Crippen LogP contribution < -0.4 is 5.32 Å². The quantitative estimate of drug-likeness (QED) is 0.926. The van der Waals surface area contributed by atoms with Crippen LogP contribution in [0, 0.1) is 0 Å². The molecule has 1 aliphatic heterocycles. The molecule has 1 aromatic carbocycles. The van der Waals surface area contributed by atoms with Crippen LogP contribution in [0.1, 0.15) is 30.0 Å². The van der Waals surface area contributed by atoms with E-state index in [2.05, 4.69) is 5.32 Å². The van der Waals surface area contributed by atoms with Gasteiger partial charge in [0.1, 0.15) is 0 Å². The summed E-state index contributed by atoms with van der Waals surface area (Å²) in [4.78, 5) is 13.3. The van der Waals surface area contributed by atoms with Gasteiger partial charge in [0.05, 0.1) is 12.1 Å². The average Bonchev–Trinajstić information content (AvgIpc) is 2.85. The van der Waals surface area contributed by atoms with E-state index in [1.807, 2.05) is 4.90 Å². The van der Waals surface area contributed by atoms with Crippen LogP contribution in [-0.2, 0) is 11.0 Å². The summed E-state index contributed by atoms with van der Waals surface area (Å²) in [5.74, 6) is -0.179. The van der Waals surface area contributed by atoms with Crippen LogP contribution in [0.2, 0.25) is 0 Å². The minimum atomic E-state index is -4.36. The highest BCUT2D eigenvalue weighted by Crippen LogP contribution is 2.39. The fourth-order valence-corrected chi connectivity index (χ4v) is 2.68. The highest BCUT2D eigenvalue weighted by atomic mass is 19.4. The Bertz CT molecular complexity index is 488. The Labute approximate surface area is 115 Å². The van der Waals surface area contributed by atoms with E-state index in [0.717, 1.165) is 12.5 Å². The molecule has 1 aliphatic rings. The van der Waals surface area contributed by atoms with Gasteiger partial charge >= 0.3 is 6.18 Å². The second-order valence-corrected chi connectivity index (χ2v) is 4.89. The zero-order chi connectivity index (χ0) is 14.8. The number of hydrogen-bond acceptors (Lipinski definition) is 2. The molecule has 20 heavy (non-hydrogen) atoms. The van der Waals surface area contributed by atoms with Gasteiger partial charge in [-0.15, -0.1) is 0 Å². The number of hydrogen-bond donors (Lipinski definition) is 1. The molecule has 3 nitrogen and oxygen atoms in total. The van der Waals surface area contributed by atoms with Gasteiger partial charge in [-0.2, -0.15) is 13.2 Å². The highest BCUT2D eigenvalue weighted by Gasteiger charge is 2.37. The van der Waals surface area contributed by atoms with Crippen molar-refractivity contribution in [2.45, 2.75) is 25.1 Å². The minimum absolute atomic E-state index is 0.132. The lowest BCUT2D eigenvalue weighted by molar-refractivity contribution is -0.138. The van der Waals surface area contributed by atoms with Crippen molar-refractivity contribution < 1.29 is 18.0 Å². The van der Waals surface area contributed by atoms with Crippen LogP contribution in [0.3, 0.4) is 0 Å². The van der Waals surface area contributed by atoms with Crippen molar-refractivity contribution >= 4 is 5.91 Å². The number of carbonyl (C=O) groups excluding carboxylic acids is 1. The summed E-state index contributed by atoms with van der Waals surface area (Å²) < 4.78 is 39.2. The molecule has 110 valence electrons. The Balaban J connectivity index is 2.28. The number of likely N-dealkylation sites (N-methyl/N-ethyl adjacent to an activating group) is 1. The fraction of sp³-hybridized carbons (Fsp3) is 0.500. The maximum absolute atomic E-state index is 13.1. The van der Waals surface area contributed by atoms with Crippen LogP contribution in [0.15, 0.2) is 24.3 Å². The highest BCUT2D eigenvalue weighted by molar-refractivity contribution is 5.77. The van der Waals surface area contributed by atoms with Crippen molar-refractivity contribution in [3.63, 3.8) is 0 Å². The lowest BCUT2D eigenvalue weighted by atomic mass is 9.98. The number of nitrogens with zero attached hydrogens (tertiary/aromatic N) is 1. The van der Waals surface area contributed by atoms with Crippen LogP contribution in [-0.4, -0.2) is 30.9 Å². The molecule has 0 saturated carbocycles. The fourth-order valence-electron chi connectivity index (χ4n) is 2.68. The first-order chi connectivity index (χ1) is 9.43. The van der Waals surface area contributed by atoms with Gasteiger partial charge in [0, 0.05) is 13.1 Å². The third kappa shape index (κ3) is 3.12. The monoisotopic (exact) mass is 286 g/mol. The van der Waals surface area contributed by atoms with Crippen molar-refractivity contribution in [3.8, 4) is 0 Å². The summed E-state index contributed by atoms with van der Waals surface area (Å²) in [6.45, 7) is 0.775. The molecule has 0 unspecified atom stereocenters. The van der Waals surface area contributed by atoms with E-state index in [4.69, 9.17) is 0 Å². The summed E-state index contributed by atoms with van der Waals surface area (Å²) in [6, 6.07) is 5.28. The number of rotatable bonds is 3. The topological polar surface area (TPSA) is 32.3 Å². The summed E-state index contributed by atoms with van der Waals surface area (Å²) in [6.07, 6.45) is -2.92. The molecular formula is C14H17F3N2O. The molecule has 6 heteroatoms. The molecule has 1 heterocycles. The zero-order valence-corrected chi connectivity index (χ0v) is 11.2. The predicted molar refractivity (Wildman–Crippen MR) is 69.1 cm³/mol. The number of carbonyl (C=O) groups is 1.